The van der Waals surface area contributed by atoms with Crippen molar-refractivity contribution >= 4 is 34.6 Å². The molecule has 2 amide bonds. The predicted octanol–water partition coefficient (Wildman–Crippen LogP) is 2.36. The Morgan fingerprint density at radius 1 is 1.26 bits per heavy atom. The highest BCUT2D eigenvalue weighted by molar-refractivity contribution is 14.1. The largest absolute Gasteiger partial charge is 0.451 e. The molecule has 1 aliphatic heterocycles. The number of alkyl carbamates (subject to hydrolysis) is 1. The summed E-state index contributed by atoms with van der Waals surface area (Å²) in [6, 6.07) is -0.446. The van der Waals surface area contributed by atoms with E-state index >= 15 is 0 Å². The highest BCUT2D eigenvalue weighted by Gasteiger charge is 2.40. The number of nitrogens with one attached hydrogen (secondary N) is 1. The van der Waals surface area contributed by atoms with Crippen molar-refractivity contribution in [3.8, 4) is 0 Å². The minimum atomic E-state index is -4.58. The van der Waals surface area contributed by atoms with E-state index in [4.69, 9.17) is 4.74 Å². The quantitative estimate of drug-likeness (QED) is 0.504. The zero-order chi connectivity index (χ0) is 20.4. The van der Waals surface area contributed by atoms with Crippen LogP contribution in [0.4, 0.5) is 18.0 Å². The number of nitrogens with zero attached hydrogens (tertiary/aromatic N) is 4. The molecule has 152 valence electrons. The number of hydrogen-bond donors (Lipinski definition) is 1. The van der Waals surface area contributed by atoms with Crippen LogP contribution < -0.4 is 5.32 Å². The lowest BCUT2D eigenvalue weighted by Crippen LogP contribution is -2.45. The van der Waals surface area contributed by atoms with Gasteiger partial charge < -0.3 is 19.5 Å². The Bertz CT molecular complexity index is 702. The maximum atomic E-state index is 12.9. The Morgan fingerprint density at radius 2 is 1.93 bits per heavy atom. The Hall–Kier alpha value is -1.60. The summed E-state index contributed by atoms with van der Waals surface area (Å²) in [6.07, 6.45) is -5.19. The van der Waals surface area contributed by atoms with Gasteiger partial charge in [-0.15, -0.1) is 10.2 Å². The molecule has 0 radical (unpaired) electrons. The number of fused-ring (bicyclic) bond motifs is 1. The van der Waals surface area contributed by atoms with E-state index < -0.39 is 29.7 Å². The van der Waals surface area contributed by atoms with Gasteiger partial charge in [-0.25, -0.2) is 4.79 Å². The summed E-state index contributed by atoms with van der Waals surface area (Å²) in [6.45, 7) is 5.23. The number of ether oxygens (including phenoxy) is 1. The lowest BCUT2D eigenvalue weighted by atomic mass is 10.2. The van der Waals surface area contributed by atoms with Crippen molar-refractivity contribution in [2.75, 3.05) is 11.0 Å². The number of halogens is 4. The monoisotopic (exact) mass is 503 g/mol. The zero-order valence-electron chi connectivity index (χ0n) is 15.1. The Balaban J connectivity index is 1.96. The molecule has 0 aliphatic carbocycles. The van der Waals surface area contributed by atoms with Crippen LogP contribution in [0, 0.1) is 0 Å². The van der Waals surface area contributed by atoms with Gasteiger partial charge in [-0.3, -0.25) is 4.79 Å². The second-order valence-corrected chi connectivity index (χ2v) is 7.99. The highest BCUT2D eigenvalue weighted by Crippen LogP contribution is 2.29. The van der Waals surface area contributed by atoms with Gasteiger partial charge in [0, 0.05) is 30.0 Å². The highest BCUT2D eigenvalue weighted by atomic mass is 127. The van der Waals surface area contributed by atoms with E-state index in [1.54, 1.807) is 20.8 Å². The summed E-state index contributed by atoms with van der Waals surface area (Å²) in [7, 11) is 0. The van der Waals surface area contributed by atoms with E-state index in [-0.39, 0.29) is 37.8 Å². The third kappa shape index (κ3) is 5.94. The standard InChI is InChI=1S/C15H21F3IN5O3/c1-14(2,3)27-13(26)20-9(7-19)6-11(25)23-4-5-24-10(8-23)21-22-12(24)15(16,17)18/h9H,4-8H2,1-3H3,(H,20,26)/t9-/m0/s1. The molecule has 2 rings (SSSR count). The van der Waals surface area contributed by atoms with Gasteiger partial charge in [-0.2, -0.15) is 13.2 Å². The molecule has 27 heavy (non-hydrogen) atoms. The van der Waals surface area contributed by atoms with Gasteiger partial charge in [0.2, 0.25) is 11.7 Å². The van der Waals surface area contributed by atoms with Crippen LogP contribution >= 0.6 is 22.6 Å². The van der Waals surface area contributed by atoms with E-state index in [1.165, 1.54) is 4.90 Å². The molecule has 0 bridgehead atoms. The zero-order valence-corrected chi connectivity index (χ0v) is 17.3. The fourth-order valence-electron chi connectivity index (χ4n) is 2.54. The molecule has 1 aromatic heterocycles. The molecule has 0 spiro atoms. The third-order valence-corrected chi connectivity index (χ3v) is 4.75. The summed E-state index contributed by atoms with van der Waals surface area (Å²) < 4.78 is 45.2. The van der Waals surface area contributed by atoms with Crippen molar-refractivity contribution in [1.29, 1.82) is 0 Å². The SMILES string of the molecule is CC(C)(C)OC(=O)N[C@H](CI)CC(=O)N1CCn2c(nnc2C(F)(F)F)C1. The maximum Gasteiger partial charge on any atom is 0.451 e. The Kier molecular flexibility index (Phi) is 6.58. The summed E-state index contributed by atoms with van der Waals surface area (Å²) >= 11 is 2.04. The summed E-state index contributed by atoms with van der Waals surface area (Å²) in [5.41, 5.74) is -0.656. The third-order valence-electron chi connectivity index (χ3n) is 3.69. The number of amides is 2. The van der Waals surface area contributed by atoms with E-state index in [0.29, 0.717) is 4.43 Å². The molecule has 0 saturated carbocycles. The van der Waals surface area contributed by atoms with Crippen molar-refractivity contribution in [2.45, 2.75) is 58.1 Å². The second kappa shape index (κ2) is 8.19. The van der Waals surface area contributed by atoms with Crippen molar-refractivity contribution < 1.29 is 27.5 Å². The molecule has 1 atom stereocenters. The van der Waals surface area contributed by atoms with Crippen LogP contribution in [-0.4, -0.2) is 54.3 Å². The molecular formula is C15H21F3IN5O3. The first-order chi connectivity index (χ1) is 12.4. The number of carbonyl (C=O) groups excluding carboxylic acids is 2. The average molecular weight is 503 g/mol. The van der Waals surface area contributed by atoms with Crippen molar-refractivity contribution in [3.63, 3.8) is 0 Å². The number of aromatic nitrogens is 3. The van der Waals surface area contributed by atoms with E-state index in [2.05, 4.69) is 15.5 Å². The Morgan fingerprint density at radius 3 is 2.48 bits per heavy atom. The van der Waals surface area contributed by atoms with Crippen LogP contribution in [-0.2, 0) is 28.8 Å². The fourth-order valence-corrected chi connectivity index (χ4v) is 3.07. The smallest absolute Gasteiger partial charge is 0.444 e. The first-order valence-electron chi connectivity index (χ1n) is 8.23. The van der Waals surface area contributed by atoms with E-state index in [1.807, 2.05) is 22.6 Å². The minimum absolute atomic E-state index is 0.0163. The molecule has 8 nitrogen and oxygen atoms in total. The fraction of sp³-hybridized carbons (Fsp3) is 0.733. The lowest BCUT2D eigenvalue weighted by molar-refractivity contribution is -0.148. The topological polar surface area (TPSA) is 89.4 Å². The van der Waals surface area contributed by atoms with Crippen molar-refractivity contribution in [1.82, 2.24) is 25.0 Å². The molecule has 1 aromatic rings. The molecule has 1 aliphatic rings. The second-order valence-electron chi connectivity index (χ2n) is 7.11. The maximum absolute atomic E-state index is 12.9. The molecule has 0 fully saturated rings. The van der Waals surface area contributed by atoms with Crippen LogP contribution in [0.2, 0.25) is 0 Å². The van der Waals surface area contributed by atoms with Gasteiger partial charge in [0.25, 0.3) is 0 Å². The molecule has 2 heterocycles. The van der Waals surface area contributed by atoms with Crippen LogP contribution in [0.15, 0.2) is 0 Å². The minimum Gasteiger partial charge on any atom is -0.444 e. The summed E-state index contributed by atoms with van der Waals surface area (Å²) in [4.78, 5) is 25.8. The van der Waals surface area contributed by atoms with Gasteiger partial charge in [-0.05, 0) is 20.8 Å². The van der Waals surface area contributed by atoms with Crippen LogP contribution in [0.5, 0.6) is 0 Å². The normalized spacial score (nSPS) is 15.9. The van der Waals surface area contributed by atoms with Gasteiger partial charge in [0.15, 0.2) is 5.82 Å². The van der Waals surface area contributed by atoms with Crippen molar-refractivity contribution in [3.05, 3.63) is 11.6 Å². The molecular weight excluding hydrogens is 482 g/mol. The number of hydrogen-bond acceptors (Lipinski definition) is 5. The Labute approximate surface area is 168 Å². The van der Waals surface area contributed by atoms with Gasteiger partial charge in [-0.1, -0.05) is 22.6 Å². The molecule has 0 aromatic carbocycles. The van der Waals surface area contributed by atoms with Crippen molar-refractivity contribution in [2.24, 2.45) is 0 Å². The summed E-state index contributed by atoms with van der Waals surface area (Å²) in [5.74, 6) is -1.25. The van der Waals surface area contributed by atoms with Gasteiger partial charge >= 0.3 is 12.3 Å². The first-order valence-corrected chi connectivity index (χ1v) is 9.76. The summed E-state index contributed by atoms with van der Waals surface area (Å²) in [5, 5.41) is 9.38. The molecule has 0 saturated heterocycles. The number of alkyl halides is 4. The van der Waals surface area contributed by atoms with E-state index in [0.717, 1.165) is 4.57 Å². The number of carbonyl (C=O) groups is 2. The predicted molar refractivity (Wildman–Crippen MR) is 97.1 cm³/mol. The molecule has 1 N–H and O–H groups in total. The lowest BCUT2D eigenvalue weighted by Gasteiger charge is -2.29. The van der Waals surface area contributed by atoms with Gasteiger partial charge in [0.05, 0.1) is 6.54 Å². The van der Waals surface area contributed by atoms with Gasteiger partial charge in [0.1, 0.15) is 5.60 Å². The molecule has 12 heteroatoms. The first kappa shape index (κ1) is 21.7. The van der Waals surface area contributed by atoms with Crippen LogP contribution in [0.1, 0.15) is 38.8 Å². The van der Waals surface area contributed by atoms with Crippen LogP contribution in [0.3, 0.4) is 0 Å². The average Bonchev–Trinajstić information content (AvgIpc) is 2.95. The van der Waals surface area contributed by atoms with Crippen LogP contribution in [0.25, 0.3) is 0 Å². The molecule has 0 unspecified atom stereocenters. The van der Waals surface area contributed by atoms with E-state index in [9.17, 15) is 22.8 Å². The number of rotatable bonds is 4.